The van der Waals surface area contributed by atoms with Gasteiger partial charge in [0, 0.05) is 25.6 Å². The van der Waals surface area contributed by atoms with Gasteiger partial charge < -0.3 is 38.4 Å². The summed E-state index contributed by atoms with van der Waals surface area (Å²) in [6.45, 7) is 8.71. The van der Waals surface area contributed by atoms with Gasteiger partial charge in [0.1, 0.15) is 13.1 Å². The number of aromatic nitrogens is 1. The van der Waals surface area contributed by atoms with Crippen molar-refractivity contribution >= 4 is 5.91 Å². The van der Waals surface area contributed by atoms with Crippen molar-refractivity contribution in [2.24, 2.45) is 0 Å². The van der Waals surface area contributed by atoms with Crippen molar-refractivity contribution in [3.8, 4) is 11.5 Å². The van der Waals surface area contributed by atoms with Crippen LogP contribution in [0.5, 0.6) is 11.5 Å². The van der Waals surface area contributed by atoms with E-state index in [-0.39, 0.29) is 29.9 Å². The van der Waals surface area contributed by atoms with E-state index >= 15 is 0 Å². The zero-order valence-corrected chi connectivity index (χ0v) is 27.9. The Hall–Kier alpha value is -1.83. The van der Waals surface area contributed by atoms with Crippen molar-refractivity contribution in [2.75, 3.05) is 13.7 Å². The summed E-state index contributed by atoms with van der Waals surface area (Å²) in [7, 11) is 1.68. The van der Waals surface area contributed by atoms with Crippen LogP contribution in [0.15, 0.2) is 42.6 Å². The number of hydrogen-bond acceptors (Lipinski definition) is 3. The van der Waals surface area contributed by atoms with Gasteiger partial charge in [-0.2, -0.15) is 0 Å². The highest BCUT2D eigenvalue weighted by Gasteiger charge is 2.17. The van der Waals surface area contributed by atoms with Crippen molar-refractivity contribution in [3.63, 3.8) is 0 Å². The quantitative estimate of drug-likeness (QED) is 0.0959. The van der Waals surface area contributed by atoms with Gasteiger partial charge in [-0.15, -0.1) is 0 Å². The van der Waals surface area contributed by atoms with E-state index in [2.05, 4.69) is 30.7 Å². The normalized spacial score (nSPS) is 10.7. The molecule has 40 heavy (non-hydrogen) atoms. The second-order valence-corrected chi connectivity index (χ2v) is 10.8. The molecule has 0 aliphatic rings. The van der Waals surface area contributed by atoms with Gasteiger partial charge in [0.2, 0.25) is 11.6 Å². The van der Waals surface area contributed by atoms with Crippen LogP contribution in [0.2, 0.25) is 0 Å². The Balaban J connectivity index is 0.00000800. The molecule has 226 valence electrons. The smallest absolute Gasteiger partial charge is 0.220 e. The Kier molecular flexibility index (Phi) is 20.6. The van der Waals surface area contributed by atoms with Crippen LogP contribution in [0.25, 0.3) is 0 Å². The summed E-state index contributed by atoms with van der Waals surface area (Å²) in [4.78, 5) is 14.3. The topological polar surface area (TPSA) is 42.7 Å². The van der Waals surface area contributed by atoms with Crippen LogP contribution in [0.4, 0.5) is 0 Å². The molecule has 0 saturated carbocycles. The molecule has 0 fully saturated rings. The van der Waals surface area contributed by atoms with Crippen LogP contribution in [0.3, 0.4) is 0 Å². The highest BCUT2D eigenvalue weighted by Crippen LogP contribution is 2.29. The molecule has 1 aromatic carbocycles. The van der Waals surface area contributed by atoms with Crippen molar-refractivity contribution in [2.45, 2.75) is 130 Å². The molecule has 0 radical (unpaired) electrons. The fraction of sp³-hybridized carbons (Fsp3) is 0.647. The van der Waals surface area contributed by atoms with Gasteiger partial charge in [0.25, 0.3) is 0 Å². The molecule has 0 unspecified atom stereocenters. The second-order valence-electron chi connectivity index (χ2n) is 10.8. The number of aryl methyl sites for hydroxylation is 1. The van der Waals surface area contributed by atoms with Gasteiger partial charge >= 0.3 is 0 Å². The lowest BCUT2D eigenvalue weighted by Crippen LogP contribution is -3.00. The first-order valence-electron chi connectivity index (χ1n) is 15.6. The number of carbonyl (C=O) groups is 1. The number of halogens is 1. The van der Waals surface area contributed by atoms with E-state index in [0.29, 0.717) is 19.7 Å². The average Bonchev–Trinajstić information content (AvgIpc) is 2.95. The number of nitrogens with zero attached hydrogens (tertiary/aromatic N) is 2. The van der Waals surface area contributed by atoms with Crippen LogP contribution < -0.4 is 38.0 Å². The van der Waals surface area contributed by atoms with E-state index in [9.17, 15) is 4.79 Å². The zero-order chi connectivity index (χ0) is 28.1. The first-order chi connectivity index (χ1) is 19.1. The maximum absolute atomic E-state index is 12.4. The molecular formula is C34H55IN2O3. The Morgan fingerprint density at radius 1 is 0.775 bits per heavy atom. The minimum absolute atomic E-state index is 0. The molecule has 6 heteroatoms. The Morgan fingerprint density at radius 3 is 1.93 bits per heavy atom. The first kappa shape index (κ1) is 36.2. The van der Waals surface area contributed by atoms with Gasteiger partial charge in [0.05, 0.1) is 13.7 Å². The van der Waals surface area contributed by atoms with Gasteiger partial charge in [-0.05, 0) is 31.0 Å². The van der Waals surface area contributed by atoms with Crippen molar-refractivity contribution in [3.05, 3.63) is 53.9 Å². The van der Waals surface area contributed by atoms with Crippen LogP contribution in [0.1, 0.15) is 122 Å². The highest BCUT2D eigenvalue weighted by molar-refractivity contribution is 5.73. The molecule has 2 rings (SSSR count). The third kappa shape index (κ3) is 14.7. The fourth-order valence-electron chi connectivity index (χ4n) is 5.07. The number of pyridine rings is 1. The molecule has 0 atom stereocenters. The summed E-state index contributed by atoms with van der Waals surface area (Å²) in [6, 6.07) is 12.1. The zero-order valence-electron chi connectivity index (χ0n) is 25.8. The van der Waals surface area contributed by atoms with E-state index in [1.54, 1.807) is 14.0 Å². The summed E-state index contributed by atoms with van der Waals surface area (Å²) in [5.41, 5.74) is 2.15. The maximum atomic E-state index is 12.4. The van der Waals surface area contributed by atoms with E-state index < -0.39 is 0 Å². The van der Waals surface area contributed by atoms with Gasteiger partial charge in [-0.25, -0.2) is 4.57 Å². The lowest BCUT2D eigenvalue weighted by molar-refractivity contribution is -0.701. The molecule has 1 heterocycles. The van der Waals surface area contributed by atoms with Gasteiger partial charge in [-0.3, -0.25) is 4.79 Å². The molecule has 0 aliphatic carbocycles. The Bertz CT molecular complexity index is 937. The standard InChI is InChI=1S/C34H55N2O3.HI/c1-5-7-8-9-10-11-12-13-14-15-16-17-18-21-26-39-33-24-23-31(27-34(33)38-4)28-36(30(3)37)29-32-22-19-20-25-35(32)6-2;/h19-20,22-25,27H,5-18,21,26,28-29H2,1-4H3;1H/q+1;/p-1. The molecule has 0 aliphatic heterocycles. The van der Waals surface area contributed by atoms with E-state index in [4.69, 9.17) is 9.47 Å². The minimum Gasteiger partial charge on any atom is -1.00 e. The number of carbonyl (C=O) groups excluding carboxylic acids is 1. The lowest BCUT2D eigenvalue weighted by atomic mass is 10.0. The van der Waals surface area contributed by atoms with E-state index in [1.165, 1.54) is 83.5 Å². The largest absolute Gasteiger partial charge is 1.00 e. The van der Waals surface area contributed by atoms with Crippen molar-refractivity contribution < 1.29 is 42.8 Å². The highest BCUT2D eigenvalue weighted by atomic mass is 127. The number of benzene rings is 1. The molecule has 0 bridgehead atoms. The van der Waals surface area contributed by atoms with E-state index in [1.807, 2.05) is 35.2 Å². The second kappa shape index (κ2) is 22.8. The number of ether oxygens (including phenoxy) is 2. The first-order valence-corrected chi connectivity index (χ1v) is 15.6. The Labute approximate surface area is 262 Å². The third-order valence-corrected chi connectivity index (χ3v) is 7.53. The van der Waals surface area contributed by atoms with Crippen LogP contribution in [-0.4, -0.2) is 24.5 Å². The summed E-state index contributed by atoms with van der Waals surface area (Å²) >= 11 is 0. The summed E-state index contributed by atoms with van der Waals surface area (Å²) in [6.07, 6.45) is 21.0. The maximum Gasteiger partial charge on any atom is 0.220 e. The molecule has 1 amide bonds. The lowest BCUT2D eigenvalue weighted by Gasteiger charge is -2.21. The number of methoxy groups -OCH3 is 1. The van der Waals surface area contributed by atoms with Crippen LogP contribution in [-0.2, 0) is 24.4 Å². The van der Waals surface area contributed by atoms with E-state index in [0.717, 1.165) is 35.7 Å². The molecule has 1 aromatic heterocycles. The van der Waals surface area contributed by atoms with Gasteiger partial charge in [0.15, 0.2) is 17.7 Å². The van der Waals surface area contributed by atoms with Crippen LogP contribution >= 0.6 is 0 Å². The summed E-state index contributed by atoms with van der Waals surface area (Å²) < 4.78 is 13.9. The third-order valence-electron chi connectivity index (χ3n) is 7.53. The predicted molar refractivity (Wildman–Crippen MR) is 161 cm³/mol. The summed E-state index contributed by atoms with van der Waals surface area (Å²) in [5.74, 6) is 1.56. The minimum atomic E-state index is 0. The number of hydrogen-bond donors (Lipinski definition) is 0. The average molecular weight is 667 g/mol. The molecule has 2 aromatic rings. The molecule has 5 nitrogen and oxygen atoms in total. The number of rotatable bonds is 22. The van der Waals surface area contributed by atoms with Crippen molar-refractivity contribution in [1.29, 1.82) is 0 Å². The molecule has 0 saturated heterocycles. The summed E-state index contributed by atoms with van der Waals surface area (Å²) in [5, 5.41) is 0. The number of amides is 1. The monoisotopic (exact) mass is 666 g/mol. The molecule has 0 spiro atoms. The predicted octanol–water partition coefficient (Wildman–Crippen LogP) is 5.42. The Morgan fingerprint density at radius 2 is 1.38 bits per heavy atom. The van der Waals surface area contributed by atoms with Gasteiger partial charge in [-0.1, -0.05) is 103 Å². The molecular weight excluding hydrogens is 611 g/mol. The van der Waals surface area contributed by atoms with Crippen molar-refractivity contribution in [1.82, 2.24) is 4.90 Å². The molecule has 0 N–H and O–H groups in total. The SMILES string of the molecule is CCCCCCCCCCCCCCCCOc1ccc(CN(Cc2cccc[n+]2CC)C(C)=O)cc1OC.[I-]. The number of unbranched alkanes of at least 4 members (excludes halogenated alkanes) is 13. The van der Waals surface area contributed by atoms with Crippen LogP contribution in [0, 0.1) is 0 Å². The fourth-order valence-corrected chi connectivity index (χ4v) is 5.07.